The normalized spacial score (nSPS) is 13.2. The molecule has 224 valence electrons. The Morgan fingerprint density at radius 2 is 1.34 bits per heavy atom. The summed E-state index contributed by atoms with van der Waals surface area (Å²) in [5.74, 6) is 0.0834. The Balaban J connectivity index is 3.59. The SMILES string of the molecule is C/C(=C\CC/C=C(\C)CCCCCCC(O)NCCOCC[OH2+])CCCCCCC(=O)NCCOCCO. The average Bonchev–Trinajstić information content (AvgIpc) is 2.90. The molecule has 0 spiro atoms. The van der Waals surface area contributed by atoms with Crippen molar-refractivity contribution >= 4 is 5.91 Å². The zero-order chi connectivity index (χ0) is 28.1. The second-order valence-corrected chi connectivity index (χ2v) is 10.1. The third kappa shape index (κ3) is 27.7. The van der Waals surface area contributed by atoms with Crippen LogP contribution in [0.3, 0.4) is 0 Å². The van der Waals surface area contributed by atoms with Gasteiger partial charge in [0.05, 0.1) is 26.4 Å². The zero-order valence-electron chi connectivity index (χ0n) is 24.4. The van der Waals surface area contributed by atoms with Gasteiger partial charge in [0.15, 0.2) is 6.61 Å². The summed E-state index contributed by atoms with van der Waals surface area (Å²) in [4.78, 5) is 11.7. The van der Waals surface area contributed by atoms with E-state index < -0.39 is 6.23 Å². The third-order valence-electron chi connectivity index (χ3n) is 6.35. The molecule has 0 aromatic heterocycles. The molecular formula is C30H59N2O6+. The van der Waals surface area contributed by atoms with Crippen LogP contribution < -0.4 is 10.6 Å². The highest BCUT2D eigenvalue weighted by atomic mass is 16.5. The summed E-state index contributed by atoms with van der Waals surface area (Å²) in [6.07, 6.45) is 19.1. The van der Waals surface area contributed by atoms with Gasteiger partial charge in [-0.3, -0.25) is 10.1 Å². The van der Waals surface area contributed by atoms with E-state index in [9.17, 15) is 9.90 Å². The Kier molecular flexibility index (Phi) is 27.7. The molecule has 1 atom stereocenters. The molecule has 0 radical (unpaired) electrons. The molecule has 0 aromatic carbocycles. The van der Waals surface area contributed by atoms with Crippen molar-refractivity contribution in [2.24, 2.45) is 0 Å². The van der Waals surface area contributed by atoms with Crippen molar-refractivity contribution in [3.8, 4) is 0 Å². The Morgan fingerprint density at radius 3 is 1.95 bits per heavy atom. The molecule has 1 amide bonds. The number of amides is 1. The number of unbranched alkanes of at least 4 members (excludes halogenated alkanes) is 7. The molecule has 0 aliphatic rings. The van der Waals surface area contributed by atoms with Crippen LogP contribution in [0.2, 0.25) is 0 Å². The number of ether oxygens (including phenoxy) is 2. The maximum atomic E-state index is 11.7. The van der Waals surface area contributed by atoms with Crippen molar-refractivity contribution in [2.45, 2.75) is 110 Å². The van der Waals surface area contributed by atoms with Crippen molar-refractivity contribution in [1.82, 2.24) is 10.6 Å². The molecule has 0 bridgehead atoms. The topological polar surface area (TPSA) is 123 Å². The predicted octanol–water partition coefficient (Wildman–Crippen LogP) is 4.11. The van der Waals surface area contributed by atoms with Crippen LogP contribution in [0.1, 0.15) is 104 Å². The minimum atomic E-state index is -0.457. The Hall–Kier alpha value is -1.29. The Bertz CT molecular complexity index is 597. The summed E-state index contributed by atoms with van der Waals surface area (Å²) in [6.45, 7) is 7.67. The molecule has 0 aromatic rings. The standard InChI is InChI=1S/C30H58N2O6/c1-27(13-7-3-5-9-17-29(35)31-19-23-37-25-21-33)15-11-12-16-28(2)14-8-4-6-10-18-30(36)32-20-24-38-26-22-34/h15-16,29,31,33-35H,3-14,17-26H2,1-2H3,(H,32,36)/p+1/b27-15+,28-16+. The molecule has 0 saturated carbocycles. The van der Waals surface area contributed by atoms with E-state index in [0.29, 0.717) is 45.9 Å². The van der Waals surface area contributed by atoms with E-state index in [1.165, 1.54) is 30.4 Å². The highest BCUT2D eigenvalue weighted by Crippen LogP contribution is 2.14. The van der Waals surface area contributed by atoms with Gasteiger partial charge in [0.1, 0.15) is 12.8 Å². The number of nitrogens with one attached hydrogen (secondary N) is 2. The summed E-state index contributed by atoms with van der Waals surface area (Å²) in [5.41, 5.74) is 2.95. The van der Waals surface area contributed by atoms with Crippen molar-refractivity contribution in [3.05, 3.63) is 23.3 Å². The second-order valence-electron chi connectivity index (χ2n) is 10.1. The van der Waals surface area contributed by atoms with Crippen LogP contribution in [0.5, 0.6) is 0 Å². The molecule has 0 aliphatic carbocycles. The number of carbonyl (C=O) groups is 1. The van der Waals surface area contributed by atoms with Crippen LogP contribution in [0, 0.1) is 0 Å². The number of carbonyl (C=O) groups excluding carboxylic acids is 1. The highest BCUT2D eigenvalue weighted by Gasteiger charge is 2.03. The smallest absolute Gasteiger partial charge is 0.220 e. The highest BCUT2D eigenvalue weighted by molar-refractivity contribution is 5.75. The number of aliphatic hydroxyl groups is 2. The molecule has 8 heteroatoms. The van der Waals surface area contributed by atoms with Gasteiger partial charge in [-0.15, -0.1) is 0 Å². The molecule has 8 nitrogen and oxygen atoms in total. The van der Waals surface area contributed by atoms with Crippen LogP contribution in [0.4, 0.5) is 0 Å². The van der Waals surface area contributed by atoms with Gasteiger partial charge in [-0.25, -0.2) is 0 Å². The van der Waals surface area contributed by atoms with Gasteiger partial charge in [-0.2, -0.15) is 0 Å². The Labute approximate surface area is 232 Å². The fraction of sp³-hybridized carbons (Fsp3) is 0.833. The van der Waals surface area contributed by atoms with Crippen LogP contribution >= 0.6 is 0 Å². The van der Waals surface area contributed by atoms with Gasteiger partial charge in [0.2, 0.25) is 5.91 Å². The maximum absolute atomic E-state index is 11.7. The lowest BCUT2D eigenvalue weighted by Gasteiger charge is -2.12. The molecule has 0 fully saturated rings. The fourth-order valence-corrected chi connectivity index (χ4v) is 4.09. The van der Waals surface area contributed by atoms with Crippen LogP contribution in [0.25, 0.3) is 0 Å². The minimum absolute atomic E-state index is 0.0144. The van der Waals surface area contributed by atoms with Gasteiger partial charge < -0.3 is 30.1 Å². The lowest BCUT2D eigenvalue weighted by atomic mass is 10.0. The molecule has 0 rings (SSSR count). The molecule has 0 heterocycles. The monoisotopic (exact) mass is 543 g/mol. The quantitative estimate of drug-likeness (QED) is 0.0510. The van der Waals surface area contributed by atoms with E-state index in [0.717, 1.165) is 64.2 Å². The first-order valence-corrected chi connectivity index (χ1v) is 14.9. The fourth-order valence-electron chi connectivity index (χ4n) is 4.09. The number of rotatable bonds is 28. The summed E-state index contributed by atoms with van der Waals surface area (Å²) in [6, 6.07) is 0. The van der Waals surface area contributed by atoms with Crippen LogP contribution in [-0.4, -0.2) is 80.2 Å². The van der Waals surface area contributed by atoms with Crippen molar-refractivity contribution in [1.29, 1.82) is 0 Å². The number of hydrogen-bond acceptors (Lipinski definition) is 6. The minimum Gasteiger partial charge on any atom is -0.444 e. The van der Waals surface area contributed by atoms with E-state index in [1.54, 1.807) is 0 Å². The van der Waals surface area contributed by atoms with Crippen LogP contribution in [0.15, 0.2) is 23.3 Å². The second kappa shape index (κ2) is 28.7. The Morgan fingerprint density at radius 1 is 0.789 bits per heavy atom. The lowest BCUT2D eigenvalue weighted by molar-refractivity contribution is -0.121. The van der Waals surface area contributed by atoms with Gasteiger partial charge in [0.25, 0.3) is 0 Å². The predicted molar refractivity (Wildman–Crippen MR) is 156 cm³/mol. The first kappa shape index (κ1) is 36.7. The molecule has 0 aliphatic heterocycles. The molecule has 38 heavy (non-hydrogen) atoms. The van der Waals surface area contributed by atoms with E-state index >= 15 is 0 Å². The zero-order valence-corrected chi connectivity index (χ0v) is 24.4. The lowest BCUT2D eigenvalue weighted by Crippen LogP contribution is -2.31. The van der Waals surface area contributed by atoms with Crippen molar-refractivity contribution < 1.29 is 29.6 Å². The average molecular weight is 544 g/mol. The molecular weight excluding hydrogens is 484 g/mol. The molecule has 0 saturated heterocycles. The molecule has 6 N–H and O–H groups in total. The number of allylic oxidation sites excluding steroid dienone is 4. The summed E-state index contributed by atoms with van der Waals surface area (Å²) >= 11 is 0. The van der Waals surface area contributed by atoms with E-state index in [-0.39, 0.29) is 19.1 Å². The molecule has 1 unspecified atom stereocenters. The van der Waals surface area contributed by atoms with Crippen molar-refractivity contribution in [2.75, 3.05) is 52.7 Å². The number of hydrogen-bond donors (Lipinski definition) is 4. The first-order chi connectivity index (χ1) is 18.5. The van der Waals surface area contributed by atoms with Gasteiger partial charge in [-0.05, 0) is 71.6 Å². The van der Waals surface area contributed by atoms with E-state index in [4.69, 9.17) is 19.7 Å². The van der Waals surface area contributed by atoms with Crippen LogP contribution in [-0.2, 0) is 14.3 Å². The van der Waals surface area contributed by atoms with Gasteiger partial charge in [0, 0.05) is 19.5 Å². The van der Waals surface area contributed by atoms with Gasteiger partial charge >= 0.3 is 0 Å². The van der Waals surface area contributed by atoms with Gasteiger partial charge in [-0.1, -0.05) is 49.0 Å². The summed E-state index contributed by atoms with van der Waals surface area (Å²) in [5, 5.41) is 31.4. The maximum Gasteiger partial charge on any atom is 0.220 e. The van der Waals surface area contributed by atoms with E-state index in [1.807, 2.05) is 0 Å². The summed E-state index contributed by atoms with van der Waals surface area (Å²) < 4.78 is 10.3. The van der Waals surface area contributed by atoms with E-state index in [2.05, 4.69) is 36.6 Å². The van der Waals surface area contributed by atoms with Crippen molar-refractivity contribution in [3.63, 3.8) is 0 Å². The summed E-state index contributed by atoms with van der Waals surface area (Å²) in [7, 11) is 0. The third-order valence-corrected chi connectivity index (χ3v) is 6.35. The largest absolute Gasteiger partial charge is 0.444 e. The number of aliphatic hydroxyl groups excluding tert-OH is 2. The first-order valence-electron chi connectivity index (χ1n) is 14.9.